The summed E-state index contributed by atoms with van der Waals surface area (Å²) in [4.78, 5) is 0. The molecule has 0 fully saturated rings. The number of aryl methyl sites for hydroxylation is 1. The highest BCUT2D eigenvalue weighted by molar-refractivity contribution is 7.11. The van der Waals surface area contributed by atoms with Gasteiger partial charge in [0.05, 0.1) is 12.7 Å². The van der Waals surface area contributed by atoms with E-state index in [0.717, 1.165) is 49.0 Å². The number of hydrogen-bond acceptors (Lipinski definition) is 6. The van der Waals surface area contributed by atoms with Crippen LogP contribution < -0.4 is 5.32 Å². The zero-order valence-corrected chi connectivity index (χ0v) is 12.3. The first-order valence-corrected chi connectivity index (χ1v) is 7.11. The van der Waals surface area contributed by atoms with Crippen molar-refractivity contribution in [2.45, 2.75) is 32.3 Å². The van der Waals surface area contributed by atoms with Gasteiger partial charge in [0.15, 0.2) is 0 Å². The zero-order valence-electron chi connectivity index (χ0n) is 11.4. The predicted octanol–water partition coefficient (Wildman–Crippen LogP) is 1.28. The minimum atomic E-state index is 0.285. The fourth-order valence-corrected chi connectivity index (χ4v) is 2.29. The van der Waals surface area contributed by atoms with Crippen molar-refractivity contribution in [3.63, 3.8) is 0 Å². The summed E-state index contributed by atoms with van der Waals surface area (Å²) in [5.41, 5.74) is 0. The minimum Gasteiger partial charge on any atom is -0.383 e. The molecule has 0 aliphatic carbocycles. The largest absolute Gasteiger partial charge is 0.383 e. The molecule has 0 saturated heterocycles. The van der Waals surface area contributed by atoms with E-state index in [2.05, 4.69) is 22.4 Å². The molecular weight excluding hydrogens is 250 g/mol. The topological polar surface area (TPSA) is 56.3 Å². The fraction of sp³-hybridized carbons (Fsp3) is 0.833. The molecule has 6 heteroatoms. The minimum absolute atomic E-state index is 0.285. The van der Waals surface area contributed by atoms with E-state index in [-0.39, 0.29) is 6.10 Å². The molecule has 0 bridgehead atoms. The van der Waals surface area contributed by atoms with Crippen LogP contribution in [0.5, 0.6) is 0 Å². The molecule has 104 valence electrons. The van der Waals surface area contributed by atoms with Gasteiger partial charge in [0.2, 0.25) is 0 Å². The van der Waals surface area contributed by atoms with Gasteiger partial charge in [-0.05, 0) is 13.3 Å². The van der Waals surface area contributed by atoms with E-state index in [1.165, 1.54) is 0 Å². The number of hydrogen-bond donors (Lipinski definition) is 1. The van der Waals surface area contributed by atoms with Gasteiger partial charge < -0.3 is 14.8 Å². The second-order valence-corrected chi connectivity index (χ2v) is 5.31. The monoisotopic (exact) mass is 273 g/mol. The van der Waals surface area contributed by atoms with Crippen LogP contribution in [0.15, 0.2) is 0 Å². The second-order valence-electron chi connectivity index (χ2n) is 4.17. The number of nitrogens with one attached hydrogen (secondary N) is 1. The lowest BCUT2D eigenvalue weighted by molar-refractivity contribution is 0.111. The molecule has 1 rings (SSSR count). The average molecular weight is 273 g/mol. The van der Waals surface area contributed by atoms with Crippen LogP contribution in [-0.4, -0.2) is 50.2 Å². The number of nitrogens with zero attached hydrogens (tertiary/aromatic N) is 2. The van der Waals surface area contributed by atoms with Gasteiger partial charge in [0, 0.05) is 40.2 Å². The van der Waals surface area contributed by atoms with Gasteiger partial charge >= 0.3 is 0 Å². The van der Waals surface area contributed by atoms with Crippen molar-refractivity contribution in [3.8, 4) is 0 Å². The third-order valence-corrected chi connectivity index (χ3v) is 3.72. The third kappa shape index (κ3) is 6.39. The van der Waals surface area contributed by atoms with Gasteiger partial charge in [-0.3, -0.25) is 0 Å². The van der Waals surface area contributed by atoms with Crippen LogP contribution in [0.3, 0.4) is 0 Å². The lowest BCUT2D eigenvalue weighted by Crippen LogP contribution is -2.21. The molecule has 1 aromatic heterocycles. The van der Waals surface area contributed by atoms with E-state index < -0.39 is 0 Å². The summed E-state index contributed by atoms with van der Waals surface area (Å²) in [5.74, 6) is 0. The highest BCUT2D eigenvalue weighted by atomic mass is 32.1. The Hall–Kier alpha value is -0.560. The van der Waals surface area contributed by atoms with E-state index in [1.54, 1.807) is 25.6 Å². The maximum atomic E-state index is 5.22. The van der Waals surface area contributed by atoms with Gasteiger partial charge in [-0.1, -0.05) is 0 Å². The predicted molar refractivity (Wildman–Crippen MR) is 73.2 cm³/mol. The Morgan fingerprint density at radius 3 is 2.56 bits per heavy atom. The number of rotatable bonds is 10. The van der Waals surface area contributed by atoms with Crippen molar-refractivity contribution in [2.24, 2.45) is 0 Å². The Morgan fingerprint density at radius 2 is 1.89 bits per heavy atom. The number of ether oxygens (including phenoxy) is 2. The van der Waals surface area contributed by atoms with Gasteiger partial charge in [0.1, 0.15) is 10.0 Å². The molecule has 5 nitrogen and oxygen atoms in total. The van der Waals surface area contributed by atoms with Gasteiger partial charge in [-0.2, -0.15) is 0 Å². The lowest BCUT2D eigenvalue weighted by atomic mass is 10.2. The molecule has 1 N–H and O–H groups in total. The highest BCUT2D eigenvalue weighted by Gasteiger charge is 2.06. The van der Waals surface area contributed by atoms with E-state index in [9.17, 15) is 0 Å². The normalized spacial score (nSPS) is 12.8. The fourth-order valence-electron chi connectivity index (χ4n) is 1.43. The van der Waals surface area contributed by atoms with Crippen molar-refractivity contribution < 1.29 is 9.47 Å². The molecule has 0 amide bonds. The summed E-state index contributed by atoms with van der Waals surface area (Å²) < 4.78 is 10.2. The highest BCUT2D eigenvalue weighted by Crippen LogP contribution is 2.13. The van der Waals surface area contributed by atoms with E-state index in [4.69, 9.17) is 9.47 Å². The summed E-state index contributed by atoms with van der Waals surface area (Å²) in [6.07, 6.45) is 3.16. The van der Waals surface area contributed by atoms with Crippen molar-refractivity contribution in [2.75, 3.05) is 33.9 Å². The van der Waals surface area contributed by atoms with Gasteiger partial charge in [-0.25, -0.2) is 0 Å². The standard InChI is InChI=1S/C12H23N3O2S/c1-10(17-3)4-5-11-14-15-12(18-11)6-7-13-8-9-16-2/h10,13H,4-9H2,1-3H3. The van der Waals surface area contributed by atoms with Crippen LogP contribution in [0, 0.1) is 0 Å². The Bertz CT molecular complexity index is 320. The SMILES string of the molecule is COCCNCCc1nnc(CCC(C)OC)s1. The molecule has 1 atom stereocenters. The van der Waals surface area contributed by atoms with Crippen LogP contribution in [-0.2, 0) is 22.3 Å². The Morgan fingerprint density at radius 1 is 1.17 bits per heavy atom. The molecule has 1 unspecified atom stereocenters. The van der Waals surface area contributed by atoms with E-state index >= 15 is 0 Å². The molecule has 0 saturated carbocycles. The van der Waals surface area contributed by atoms with Crippen LogP contribution in [0.2, 0.25) is 0 Å². The van der Waals surface area contributed by atoms with Gasteiger partial charge in [-0.15, -0.1) is 21.5 Å². The molecule has 0 radical (unpaired) electrons. The number of methoxy groups -OCH3 is 2. The summed E-state index contributed by atoms with van der Waals surface area (Å²) in [5, 5.41) is 13.9. The quantitative estimate of drug-likeness (QED) is 0.651. The molecule has 0 aliphatic rings. The first-order valence-electron chi connectivity index (χ1n) is 6.30. The van der Waals surface area contributed by atoms with Crippen LogP contribution in [0.1, 0.15) is 23.4 Å². The Kier molecular flexibility index (Phi) is 8.08. The Balaban J connectivity index is 2.17. The van der Waals surface area contributed by atoms with E-state index in [1.807, 2.05) is 0 Å². The van der Waals surface area contributed by atoms with Crippen LogP contribution in [0.4, 0.5) is 0 Å². The Labute approximate surface area is 113 Å². The van der Waals surface area contributed by atoms with Crippen molar-refractivity contribution in [3.05, 3.63) is 10.0 Å². The van der Waals surface area contributed by atoms with Crippen LogP contribution >= 0.6 is 11.3 Å². The molecule has 0 spiro atoms. The molecule has 1 aromatic rings. The maximum absolute atomic E-state index is 5.22. The summed E-state index contributed by atoms with van der Waals surface area (Å²) >= 11 is 1.70. The first kappa shape index (κ1) is 15.5. The lowest BCUT2D eigenvalue weighted by Gasteiger charge is -2.06. The first-order chi connectivity index (χ1) is 8.76. The molecule has 0 aliphatic heterocycles. The van der Waals surface area contributed by atoms with E-state index in [0.29, 0.717) is 0 Å². The molecule has 0 aromatic carbocycles. The average Bonchev–Trinajstić information content (AvgIpc) is 2.83. The second kappa shape index (κ2) is 9.38. The zero-order chi connectivity index (χ0) is 13.2. The number of aromatic nitrogens is 2. The van der Waals surface area contributed by atoms with Crippen molar-refractivity contribution in [1.82, 2.24) is 15.5 Å². The summed E-state index contributed by atoms with van der Waals surface area (Å²) in [7, 11) is 3.45. The smallest absolute Gasteiger partial charge is 0.118 e. The summed E-state index contributed by atoms with van der Waals surface area (Å²) in [6, 6.07) is 0. The van der Waals surface area contributed by atoms with Gasteiger partial charge in [0.25, 0.3) is 0 Å². The van der Waals surface area contributed by atoms with Crippen molar-refractivity contribution in [1.29, 1.82) is 0 Å². The molecule has 18 heavy (non-hydrogen) atoms. The molecular formula is C12H23N3O2S. The molecule has 1 heterocycles. The van der Waals surface area contributed by atoms with Crippen LogP contribution in [0.25, 0.3) is 0 Å². The van der Waals surface area contributed by atoms with Crippen molar-refractivity contribution >= 4 is 11.3 Å². The third-order valence-electron chi connectivity index (χ3n) is 2.67. The maximum Gasteiger partial charge on any atom is 0.118 e. The summed E-state index contributed by atoms with van der Waals surface area (Å²) in [6.45, 7) is 4.62.